The van der Waals surface area contributed by atoms with Gasteiger partial charge in [-0.2, -0.15) is 0 Å². The van der Waals surface area contributed by atoms with Crippen LogP contribution in [0.1, 0.15) is 28.4 Å². The summed E-state index contributed by atoms with van der Waals surface area (Å²) in [6, 6.07) is 18.0. The van der Waals surface area contributed by atoms with Gasteiger partial charge in [0.2, 0.25) is 5.91 Å². The Labute approximate surface area is 149 Å². The molecule has 3 aromatic rings. The zero-order chi connectivity index (χ0) is 17.5. The maximum atomic E-state index is 12.5. The first-order chi connectivity index (χ1) is 12.2. The fourth-order valence-electron chi connectivity index (χ4n) is 2.41. The number of hydrogen-bond donors (Lipinski definition) is 2. The number of carbonyl (C=O) groups is 2. The molecule has 1 heterocycles. The van der Waals surface area contributed by atoms with Crippen molar-refractivity contribution in [2.75, 3.05) is 5.32 Å². The molecule has 2 amide bonds. The van der Waals surface area contributed by atoms with Crippen molar-refractivity contribution in [3.63, 3.8) is 0 Å². The summed E-state index contributed by atoms with van der Waals surface area (Å²) in [5.74, 6) is -0.409. The molecule has 0 fully saturated rings. The predicted molar refractivity (Wildman–Crippen MR) is 98.5 cm³/mol. The first-order valence-electron chi connectivity index (χ1n) is 7.82. The Kier molecular flexibility index (Phi) is 5.53. The molecule has 0 saturated carbocycles. The maximum absolute atomic E-state index is 12.5. The number of anilines is 1. The number of thiazole rings is 1. The van der Waals surface area contributed by atoms with E-state index in [1.807, 2.05) is 48.5 Å². The molecular formula is C19H17N3O2S. The molecule has 1 atom stereocenters. The van der Waals surface area contributed by atoms with Gasteiger partial charge in [0.1, 0.15) is 0 Å². The highest BCUT2D eigenvalue weighted by Gasteiger charge is 2.19. The van der Waals surface area contributed by atoms with E-state index in [0.29, 0.717) is 10.7 Å². The van der Waals surface area contributed by atoms with Gasteiger partial charge in [0.25, 0.3) is 5.91 Å². The van der Waals surface area contributed by atoms with Crippen molar-refractivity contribution in [1.29, 1.82) is 0 Å². The van der Waals surface area contributed by atoms with E-state index in [-0.39, 0.29) is 18.2 Å². The molecule has 0 spiro atoms. The van der Waals surface area contributed by atoms with Crippen LogP contribution < -0.4 is 10.6 Å². The number of nitrogens with zero attached hydrogens (tertiary/aromatic N) is 1. The summed E-state index contributed by atoms with van der Waals surface area (Å²) in [5.41, 5.74) is 1.44. The van der Waals surface area contributed by atoms with E-state index < -0.39 is 6.04 Å². The molecule has 3 rings (SSSR count). The second kappa shape index (κ2) is 8.21. The van der Waals surface area contributed by atoms with Crippen LogP contribution in [-0.4, -0.2) is 16.8 Å². The summed E-state index contributed by atoms with van der Waals surface area (Å²) in [6.45, 7) is 0. The summed E-state index contributed by atoms with van der Waals surface area (Å²) >= 11 is 1.35. The highest BCUT2D eigenvalue weighted by atomic mass is 32.1. The van der Waals surface area contributed by atoms with Crippen LogP contribution in [0.2, 0.25) is 0 Å². The topological polar surface area (TPSA) is 71.1 Å². The van der Waals surface area contributed by atoms with Crippen LogP contribution in [0.25, 0.3) is 0 Å². The maximum Gasteiger partial charge on any atom is 0.251 e. The molecule has 2 N–H and O–H groups in total. The number of benzene rings is 2. The van der Waals surface area contributed by atoms with E-state index in [0.717, 1.165) is 5.56 Å². The van der Waals surface area contributed by atoms with E-state index in [1.165, 1.54) is 11.3 Å². The quantitative estimate of drug-likeness (QED) is 0.712. The summed E-state index contributed by atoms with van der Waals surface area (Å²) in [6.07, 6.45) is 1.76. The lowest BCUT2D eigenvalue weighted by molar-refractivity contribution is -0.116. The van der Waals surface area contributed by atoms with Crippen LogP contribution >= 0.6 is 11.3 Å². The van der Waals surface area contributed by atoms with Crippen molar-refractivity contribution in [2.45, 2.75) is 12.5 Å². The Morgan fingerprint density at radius 2 is 1.68 bits per heavy atom. The Hall–Kier alpha value is -2.99. The van der Waals surface area contributed by atoms with Gasteiger partial charge in [-0.05, 0) is 17.7 Å². The van der Waals surface area contributed by atoms with Gasteiger partial charge in [0.05, 0.1) is 12.5 Å². The molecule has 0 aliphatic carbocycles. The van der Waals surface area contributed by atoms with Crippen molar-refractivity contribution in [3.05, 3.63) is 83.4 Å². The number of carbonyl (C=O) groups excluding carboxylic acids is 2. The molecule has 0 unspecified atom stereocenters. The molecule has 0 saturated heterocycles. The molecule has 0 radical (unpaired) electrons. The van der Waals surface area contributed by atoms with Crippen molar-refractivity contribution in [2.24, 2.45) is 0 Å². The third kappa shape index (κ3) is 4.74. The van der Waals surface area contributed by atoms with E-state index in [9.17, 15) is 9.59 Å². The molecule has 0 bridgehead atoms. The lowest BCUT2D eigenvalue weighted by Crippen LogP contribution is -2.31. The molecule has 6 heteroatoms. The summed E-state index contributed by atoms with van der Waals surface area (Å²) in [5, 5.41) is 8.04. The van der Waals surface area contributed by atoms with Gasteiger partial charge in [-0.3, -0.25) is 9.59 Å². The molecule has 2 aromatic carbocycles. The van der Waals surface area contributed by atoms with Crippen LogP contribution in [0.5, 0.6) is 0 Å². The van der Waals surface area contributed by atoms with Gasteiger partial charge < -0.3 is 10.6 Å². The minimum atomic E-state index is -0.422. The fourth-order valence-corrected chi connectivity index (χ4v) is 2.95. The number of aromatic nitrogens is 1. The molecule has 1 aromatic heterocycles. The average Bonchev–Trinajstić information content (AvgIpc) is 3.15. The molecule has 5 nitrogen and oxygen atoms in total. The molecule has 126 valence electrons. The van der Waals surface area contributed by atoms with Crippen molar-refractivity contribution in [1.82, 2.24) is 10.3 Å². The Balaban J connectivity index is 1.73. The molecule has 25 heavy (non-hydrogen) atoms. The average molecular weight is 351 g/mol. The van der Waals surface area contributed by atoms with Crippen molar-refractivity contribution >= 4 is 28.3 Å². The molecule has 0 aliphatic heterocycles. The zero-order valence-electron chi connectivity index (χ0n) is 13.4. The number of rotatable bonds is 6. The zero-order valence-corrected chi connectivity index (χ0v) is 14.2. The second-order valence-electron chi connectivity index (χ2n) is 5.39. The highest BCUT2D eigenvalue weighted by molar-refractivity contribution is 7.13. The predicted octanol–water partition coefficient (Wildman–Crippen LogP) is 3.64. The lowest BCUT2D eigenvalue weighted by atomic mass is 10.0. The summed E-state index contributed by atoms with van der Waals surface area (Å²) in [4.78, 5) is 28.8. The van der Waals surface area contributed by atoms with Crippen LogP contribution in [-0.2, 0) is 4.79 Å². The third-order valence-corrected chi connectivity index (χ3v) is 4.30. The normalized spacial score (nSPS) is 11.5. The van der Waals surface area contributed by atoms with Crippen LogP contribution in [0.4, 0.5) is 5.13 Å². The number of amides is 2. The third-order valence-electron chi connectivity index (χ3n) is 3.61. The smallest absolute Gasteiger partial charge is 0.251 e. The van der Waals surface area contributed by atoms with Crippen LogP contribution in [0.3, 0.4) is 0 Å². The Morgan fingerprint density at radius 1 is 1.00 bits per heavy atom. The van der Waals surface area contributed by atoms with Gasteiger partial charge >= 0.3 is 0 Å². The first kappa shape index (κ1) is 16.9. The van der Waals surface area contributed by atoms with Gasteiger partial charge in [-0.1, -0.05) is 48.5 Å². The standard InChI is InChI=1S/C19H17N3O2S/c23-17(22-19-20-11-12-25-19)13-16(14-7-3-1-4-8-14)21-18(24)15-9-5-2-6-10-15/h1-12,16H,13H2,(H,21,24)(H,20,22,23)/t16-/m0/s1. The largest absolute Gasteiger partial charge is 0.345 e. The first-order valence-corrected chi connectivity index (χ1v) is 8.70. The monoisotopic (exact) mass is 351 g/mol. The van der Waals surface area contributed by atoms with Crippen LogP contribution in [0.15, 0.2) is 72.2 Å². The second-order valence-corrected chi connectivity index (χ2v) is 6.29. The van der Waals surface area contributed by atoms with E-state index in [4.69, 9.17) is 0 Å². The summed E-state index contributed by atoms with van der Waals surface area (Å²) < 4.78 is 0. The van der Waals surface area contributed by atoms with Gasteiger partial charge in [0, 0.05) is 17.1 Å². The Bertz CT molecular complexity index is 820. The summed E-state index contributed by atoms with van der Waals surface area (Å²) in [7, 11) is 0. The molecular weight excluding hydrogens is 334 g/mol. The van der Waals surface area contributed by atoms with Crippen molar-refractivity contribution in [3.8, 4) is 0 Å². The fraction of sp³-hybridized carbons (Fsp3) is 0.105. The van der Waals surface area contributed by atoms with E-state index in [1.54, 1.807) is 23.7 Å². The lowest BCUT2D eigenvalue weighted by Gasteiger charge is -2.19. The van der Waals surface area contributed by atoms with Gasteiger partial charge in [0.15, 0.2) is 5.13 Å². The minimum absolute atomic E-state index is 0.127. The van der Waals surface area contributed by atoms with Gasteiger partial charge in [-0.15, -0.1) is 11.3 Å². The van der Waals surface area contributed by atoms with E-state index in [2.05, 4.69) is 15.6 Å². The highest BCUT2D eigenvalue weighted by Crippen LogP contribution is 2.19. The number of nitrogens with one attached hydrogen (secondary N) is 2. The van der Waals surface area contributed by atoms with Crippen molar-refractivity contribution < 1.29 is 9.59 Å². The number of hydrogen-bond acceptors (Lipinski definition) is 4. The van der Waals surface area contributed by atoms with E-state index >= 15 is 0 Å². The van der Waals surface area contributed by atoms with Gasteiger partial charge in [-0.25, -0.2) is 4.98 Å². The Morgan fingerprint density at radius 3 is 2.32 bits per heavy atom. The minimum Gasteiger partial charge on any atom is -0.345 e. The van der Waals surface area contributed by atoms with Crippen LogP contribution in [0, 0.1) is 0 Å². The SMILES string of the molecule is O=C(C[C@H](NC(=O)c1ccccc1)c1ccccc1)Nc1nccs1. The molecule has 0 aliphatic rings.